The molecule has 1 saturated heterocycles. The summed E-state index contributed by atoms with van der Waals surface area (Å²) in [6.45, 7) is -1.74. The van der Waals surface area contributed by atoms with Crippen LogP contribution in [0.3, 0.4) is 0 Å². The minimum atomic E-state index is -4.61. The summed E-state index contributed by atoms with van der Waals surface area (Å²) in [5, 5.41) is 11.1. The lowest BCUT2D eigenvalue weighted by Crippen LogP contribution is -2.41. The van der Waals surface area contributed by atoms with Crippen molar-refractivity contribution in [1.82, 2.24) is 4.90 Å². The van der Waals surface area contributed by atoms with E-state index in [2.05, 4.69) is 4.74 Å². The number of nitro groups is 1. The predicted molar refractivity (Wildman–Crippen MR) is 94.9 cm³/mol. The highest BCUT2D eigenvalue weighted by atomic mass is 19.4. The van der Waals surface area contributed by atoms with Crippen LogP contribution in [0.25, 0.3) is 0 Å². The Hall–Kier alpha value is -3.09. The highest BCUT2D eigenvalue weighted by Gasteiger charge is 2.33. The Bertz CT molecular complexity index is 853. The van der Waals surface area contributed by atoms with Gasteiger partial charge < -0.3 is 23.8 Å². The molecule has 0 bridgehead atoms. The van der Waals surface area contributed by atoms with Gasteiger partial charge in [-0.1, -0.05) is 0 Å². The quantitative estimate of drug-likeness (QED) is 0.383. The van der Waals surface area contributed by atoms with E-state index < -0.39 is 35.7 Å². The summed E-state index contributed by atoms with van der Waals surface area (Å²) < 4.78 is 56.4. The Morgan fingerprint density at radius 1 is 1.23 bits per heavy atom. The molecule has 0 saturated carbocycles. The number of hydrogen-bond donors (Lipinski definition) is 0. The average Bonchev–Trinajstić information content (AvgIpc) is 2.74. The summed E-state index contributed by atoms with van der Waals surface area (Å²) in [4.78, 5) is 35.7. The normalized spacial score (nSPS) is 16.8. The Labute approximate surface area is 173 Å². The summed E-state index contributed by atoms with van der Waals surface area (Å²) in [5.41, 5.74) is 0.607. The van der Waals surface area contributed by atoms with Crippen molar-refractivity contribution in [1.29, 1.82) is 0 Å². The molecule has 13 heteroatoms. The van der Waals surface area contributed by atoms with Gasteiger partial charge in [-0.3, -0.25) is 14.9 Å². The van der Waals surface area contributed by atoms with E-state index in [1.807, 2.05) is 0 Å². The molecule has 0 radical (unpaired) electrons. The third-order valence-corrected chi connectivity index (χ3v) is 4.80. The van der Waals surface area contributed by atoms with Crippen molar-refractivity contribution in [2.75, 3.05) is 26.5 Å². The van der Waals surface area contributed by atoms with Crippen LogP contribution in [0.2, 0.25) is 0 Å². The summed E-state index contributed by atoms with van der Waals surface area (Å²) in [6.07, 6.45) is -5.32. The monoisotopic (exact) mass is 448 g/mol. The molecule has 10 nitrogen and oxygen atoms in total. The lowest BCUT2D eigenvalue weighted by atomic mass is 9.97. The average molecular weight is 448 g/mol. The summed E-state index contributed by atoms with van der Waals surface area (Å²) in [7, 11) is 0. The molecule has 3 rings (SSSR count). The van der Waals surface area contributed by atoms with Gasteiger partial charge in [0, 0.05) is 36.3 Å². The number of ether oxygens (including phenoxy) is 4. The SMILES string of the molecule is O=C(OCc1cc([N+](=O)[O-])cc2c1OCOC2)C1CCN(C(=O)OCC(F)(F)F)CC1. The van der Waals surface area contributed by atoms with Gasteiger partial charge in [-0.25, -0.2) is 4.79 Å². The topological polar surface area (TPSA) is 117 Å². The molecule has 1 amide bonds. The first-order valence-corrected chi connectivity index (χ1v) is 9.30. The number of non-ortho nitro benzene ring substituents is 1. The minimum Gasteiger partial charge on any atom is -0.467 e. The van der Waals surface area contributed by atoms with E-state index in [-0.39, 0.29) is 51.6 Å². The molecule has 0 unspecified atom stereocenters. The van der Waals surface area contributed by atoms with Crippen molar-refractivity contribution < 1.29 is 46.6 Å². The molecule has 170 valence electrons. The summed E-state index contributed by atoms with van der Waals surface area (Å²) in [6, 6.07) is 2.59. The zero-order valence-corrected chi connectivity index (χ0v) is 16.2. The van der Waals surface area contributed by atoms with Crippen molar-refractivity contribution in [2.24, 2.45) is 5.92 Å². The van der Waals surface area contributed by atoms with Crippen LogP contribution in [-0.2, 0) is 32.2 Å². The molecular formula is C18H19F3N2O8. The molecule has 2 aliphatic heterocycles. The van der Waals surface area contributed by atoms with Crippen LogP contribution >= 0.6 is 0 Å². The molecule has 0 spiro atoms. The van der Waals surface area contributed by atoms with Gasteiger partial charge in [0.1, 0.15) is 12.4 Å². The molecule has 0 atom stereocenters. The summed E-state index contributed by atoms with van der Waals surface area (Å²) >= 11 is 0. The van der Waals surface area contributed by atoms with Crippen molar-refractivity contribution in [3.8, 4) is 5.75 Å². The second-order valence-corrected chi connectivity index (χ2v) is 7.00. The number of fused-ring (bicyclic) bond motifs is 1. The van der Waals surface area contributed by atoms with Crippen LogP contribution in [-0.4, -0.2) is 54.6 Å². The lowest BCUT2D eigenvalue weighted by molar-refractivity contribution is -0.385. The number of benzene rings is 1. The molecule has 0 aliphatic carbocycles. The van der Waals surface area contributed by atoms with E-state index in [9.17, 15) is 32.9 Å². The van der Waals surface area contributed by atoms with Gasteiger partial charge >= 0.3 is 18.2 Å². The fraction of sp³-hybridized carbons (Fsp3) is 0.556. The summed E-state index contributed by atoms with van der Waals surface area (Å²) in [5.74, 6) is -0.770. The van der Waals surface area contributed by atoms with Gasteiger partial charge in [0.2, 0.25) is 0 Å². The Morgan fingerprint density at radius 2 is 1.94 bits per heavy atom. The number of piperidine rings is 1. The number of esters is 1. The number of carbonyl (C=O) groups is 2. The second kappa shape index (κ2) is 9.37. The van der Waals surface area contributed by atoms with Crippen molar-refractivity contribution in [2.45, 2.75) is 32.2 Å². The van der Waals surface area contributed by atoms with E-state index in [0.717, 1.165) is 4.90 Å². The molecule has 31 heavy (non-hydrogen) atoms. The molecule has 1 aromatic carbocycles. The highest BCUT2D eigenvalue weighted by molar-refractivity contribution is 5.73. The van der Waals surface area contributed by atoms with Gasteiger partial charge in [0.05, 0.1) is 17.4 Å². The molecule has 2 aliphatic rings. The molecule has 1 fully saturated rings. The van der Waals surface area contributed by atoms with Crippen LogP contribution < -0.4 is 4.74 Å². The van der Waals surface area contributed by atoms with Gasteiger partial charge in [0.25, 0.3) is 5.69 Å². The Balaban J connectivity index is 1.54. The number of hydrogen-bond acceptors (Lipinski definition) is 8. The maximum absolute atomic E-state index is 12.4. The minimum absolute atomic E-state index is 0.0331. The van der Waals surface area contributed by atoms with Gasteiger partial charge in [-0.15, -0.1) is 0 Å². The number of nitro benzene ring substituents is 1. The van der Waals surface area contributed by atoms with Crippen LogP contribution in [0.15, 0.2) is 12.1 Å². The number of likely N-dealkylation sites (tertiary alicyclic amines) is 1. The second-order valence-electron chi connectivity index (χ2n) is 7.00. The molecule has 0 N–H and O–H groups in total. The van der Waals surface area contributed by atoms with E-state index in [1.54, 1.807) is 0 Å². The van der Waals surface area contributed by atoms with E-state index in [0.29, 0.717) is 16.9 Å². The molecular weight excluding hydrogens is 429 g/mol. The number of nitrogens with zero attached hydrogens (tertiary/aromatic N) is 2. The Kier molecular flexibility index (Phi) is 6.83. The fourth-order valence-corrected chi connectivity index (χ4v) is 3.29. The first kappa shape index (κ1) is 22.6. The fourth-order valence-electron chi connectivity index (χ4n) is 3.29. The standard InChI is InChI=1S/C18H19F3N2O8/c19-18(20,21)9-30-17(25)22-3-1-11(2-4-22)16(24)29-8-13-6-14(23(26)27)5-12-7-28-10-31-15(12)13/h5-6,11H,1-4,7-10H2. The lowest BCUT2D eigenvalue weighted by Gasteiger charge is -2.30. The van der Waals surface area contributed by atoms with Crippen molar-refractivity contribution in [3.05, 3.63) is 33.4 Å². The third kappa shape index (κ3) is 5.96. The van der Waals surface area contributed by atoms with E-state index in [4.69, 9.17) is 14.2 Å². The first-order chi connectivity index (χ1) is 14.6. The van der Waals surface area contributed by atoms with E-state index >= 15 is 0 Å². The zero-order valence-electron chi connectivity index (χ0n) is 16.2. The highest BCUT2D eigenvalue weighted by Crippen LogP contribution is 2.33. The number of halogens is 3. The predicted octanol–water partition coefficient (Wildman–Crippen LogP) is 2.92. The largest absolute Gasteiger partial charge is 0.467 e. The molecule has 1 aromatic rings. The van der Waals surface area contributed by atoms with Crippen molar-refractivity contribution in [3.63, 3.8) is 0 Å². The molecule has 2 heterocycles. The first-order valence-electron chi connectivity index (χ1n) is 9.30. The molecule has 0 aromatic heterocycles. The number of amides is 1. The van der Waals surface area contributed by atoms with Crippen LogP contribution in [0.4, 0.5) is 23.7 Å². The van der Waals surface area contributed by atoms with Gasteiger partial charge in [-0.2, -0.15) is 13.2 Å². The van der Waals surface area contributed by atoms with Crippen LogP contribution in [0.5, 0.6) is 5.75 Å². The number of alkyl halides is 3. The Morgan fingerprint density at radius 3 is 2.58 bits per heavy atom. The number of rotatable bonds is 5. The van der Waals surface area contributed by atoms with Crippen LogP contribution in [0.1, 0.15) is 24.0 Å². The smallest absolute Gasteiger partial charge is 0.422 e. The van der Waals surface area contributed by atoms with Crippen LogP contribution in [0, 0.1) is 16.0 Å². The van der Waals surface area contributed by atoms with E-state index in [1.165, 1.54) is 12.1 Å². The van der Waals surface area contributed by atoms with Gasteiger partial charge in [-0.05, 0) is 12.8 Å². The third-order valence-electron chi connectivity index (χ3n) is 4.80. The van der Waals surface area contributed by atoms with Gasteiger partial charge in [0.15, 0.2) is 13.4 Å². The number of carbonyl (C=O) groups excluding carboxylic acids is 2. The zero-order chi connectivity index (χ0) is 22.6. The maximum atomic E-state index is 12.4. The maximum Gasteiger partial charge on any atom is 0.422 e. The van der Waals surface area contributed by atoms with Crippen molar-refractivity contribution >= 4 is 17.7 Å².